The number of unbranched alkanes of at least 4 members (excludes halogenated alkanes) is 1. The van der Waals surface area contributed by atoms with Gasteiger partial charge in [-0.15, -0.1) is 11.8 Å². The minimum absolute atomic E-state index is 0.196. The summed E-state index contributed by atoms with van der Waals surface area (Å²) in [5.74, 6) is 0.912. The zero-order chi connectivity index (χ0) is 26.3. The van der Waals surface area contributed by atoms with E-state index >= 15 is 0 Å². The fourth-order valence-corrected chi connectivity index (χ4v) is 7.81. The van der Waals surface area contributed by atoms with Crippen LogP contribution in [-0.4, -0.2) is 46.8 Å². The maximum Gasteiger partial charge on any atom is 0.315 e. The van der Waals surface area contributed by atoms with Crippen LogP contribution in [0.25, 0.3) is 0 Å². The van der Waals surface area contributed by atoms with Crippen molar-refractivity contribution in [2.24, 2.45) is 5.41 Å². The van der Waals surface area contributed by atoms with Gasteiger partial charge < -0.3 is 14.4 Å². The van der Waals surface area contributed by atoms with E-state index in [0.717, 1.165) is 36.9 Å². The van der Waals surface area contributed by atoms with Gasteiger partial charge in [0.1, 0.15) is 11.6 Å². The van der Waals surface area contributed by atoms with Crippen molar-refractivity contribution in [1.82, 2.24) is 0 Å². The van der Waals surface area contributed by atoms with Gasteiger partial charge in [0.15, 0.2) is 0 Å². The highest BCUT2D eigenvalue weighted by Gasteiger charge is 2.42. The molecule has 9 heteroatoms. The van der Waals surface area contributed by atoms with Crippen LogP contribution in [0.5, 0.6) is 5.75 Å². The van der Waals surface area contributed by atoms with Gasteiger partial charge in [0.25, 0.3) is 0 Å². The van der Waals surface area contributed by atoms with E-state index in [-0.39, 0.29) is 28.7 Å². The number of hydrogen-bond acceptors (Lipinski definition) is 7. The average molecular weight is 540 g/mol. The Kier molecular flexibility index (Phi) is 9.97. The Morgan fingerprint density at radius 3 is 2.53 bits per heavy atom. The van der Waals surface area contributed by atoms with E-state index in [4.69, 9.17) is 9.47 Å². The summed E-state index contributed by atoms with van der Waals surface area (Å²) in [6, 6.07) is 9.96. The highest BCUT2D eigenvalue weighted by molar-refractivity contribution is 8.24. The molecule has 1 aliphatic rings. The van der Waals surface area contributed by atoms with E-state index in [1.807, 2.05) is 12.1 Å². The molecule has 0 spiro atoms. The van der Waals surface area contributed by atoms with Crippen LogP contribution in [0, 0.1) is 11.2 Å². The second-order valence-corrected chi connectivity index (χ2v) is 12.3. The molecular formula is C27H38FNO5S2. The number of ether oxygens (including phenoxy) is 2. The Hall–Kier alpha value is -1.94. The topological polar surface area (TPSA) is 79.2 Å². The van der Waals surface area contributed by atoms with Gasteiger partial charge in [0.2, 0.25) is 0 Å². The standard InChI is InChI=1S/C27H38FNO5S2/c1-5-8-13-27(6-2)18-29(22-11-9-21(28)10-12-22)23-15-24(33-4)20(14-25(23)36(31,32)19-27)16-35-17-26(30)34-7-3/h9-12,14-15,31-32H,5-8,13,16-19H2,1-4H3. The maximum absolute atomic E-state index is 13.8. The molecule has 2 aromatic rings. The van der Waals surface area contributed by atoms with Crippen molar-refractivity contribution in [1.29, 1.82) is 0 Å². The number of anilines is 2. The number of halogens is 1. The van der Waals surface area contributed by atoms with E-state index in [1.54, 1.807) is 26.2 Å². The molecule has 0 fully saturated rings. The van der Waals surface area contributed by atoms with Crippen molar-refractivity contribution < 1.29 is 27.8 Å². The summed E-state index contributed by atoms with van der Waals surface area (Å²) < 4.78 is 47.7. The van der Waals surface area contributed by atoms with Crippen molar-refractivity contribution >= 4 is 39.7 Å². The highest BCUT2D eigenvalue weighted by Crippen LogP contribution is 2.61. The molecule has 0 bridgehead atoms. The van der Waals surface area contributed by atoms with Gasteiger partial charge in [-0.25, -0.2) is 4.39 Å². The Labute approximate surface area is 219 Å². The number of esters is 1. The van der Waals surface area contributed by atoms with E-state index in [0.29, 0.717) is 35.2 Å². The van der Waals surface area contributed by atoms with Gasteiger partial charge in [-0.1, -0.05) is 26.7 Å². The maximum atomic E-state index is 13.8. The summed E-state index contributed by atoms with van der Waals surface area (Å²) in [5.41, 5.74) is 1.90. The molecule has 200 valence electrons. The third kappa shape index (κ3) is 6.68. The highest BCUT2D eigenvalue weighted by atomic mass is 32.3. The molecule has 1 heterocycles. The molecule has 2 N–H and O–H groups in total. The Balaban J connectivity index is 2.10. The first-order valence-corrected chi connectivity index (χ1v) is 15.3. The van der Waals surface area contributed by atoms with E-state index < -0.39 is 10.6 Å². The molecule has 6 nitrogen and oxygen atoms in total. The predicted molar refractivity (Wildman–Crippen MR) is 147 cm³/mol. The van der Waals surface area contributed by atoms with Gasteiger partial charge >= 0.3 is 5.97 Å². The minimum Gasteiger partial charge on any atom is -0.496 e. The van der Waals surface area contributed by atoms with Crippen LogP contribution in [0.3, 0.4) is 0 Å². The van der Waals surface area contributed by atoms with Crippen LogP contribution in [0.4, 0.5) is 15.8 Å². The molecule has 36 heavy (non-hydrogen) atoms. The molecular weight excluding hydrogens is 501 g/mol. The molecule has 1 unspecified atom stereocenters. The third-order valence-electron chi connectivity index (χ3n) is 6.74. The smallest absolute Gasteiger partial charge is 0.315 e. The van der Waals surface area contributed by atoms with E-state index in [2.05, 4.69) is 18.7 Å². The Bertz CT molecular complexity index is 1030. The summed E-state index contributed by atoms with van der Waals surface area (Å²) in [6.07, 6.45) is 3.64. The summed E-state index contributed by atoms with van der Waals surface area (Å²) >= 11 is 1.39. The molecule has 1 atom stereocenters. The lowest BCUT2D eigenvalue weighted by Gasteiger charge is -2.41. The molecule has 1 aliphatic heterocycles. The average Bonchev–Trinajstić information content (AvgIpc) is 2.95. The van der Waals surface area contributed by atoms with E-state index in [1.165, 1.54) is 23.9 Å². The van der Waals surface area contributed by atoms with Crippen LogP contribution < -0.4 is 9.64 Å². The molecule has 0 aliphatic carbocycles. The van der Waals surface area contributed by atoms with Gasteiger partial charge in [-0.05, 0) is 50.1 Å². The monoisotopic (exact) mass is 539 g/mol. The van der Waals surface area contributed by atoms with Crippen molar-refractivity contribution in [2.75, 3.05) is 36.7 Å². The summed E-state index contributed by atoms with van der Waals surface area (Å²) in [4.78, 5) is 14.3. The molecule has 2 aromatic carbocycles. The largest absolute Gasteiger partial charge is 0.496 e. The van der Waals surface area contributed by atoms with Crippen molar-refractivity contribution in [2.45, 2.75) is 57.1 Å². The van der Waals surface area contributed by atoms with Gasteiger partial charge in [0, 0.05) is 40.8 Å². The number of thioether (sulfide) groups is 1. The molecule has 0 aromatic heterocycles. The van der Waals surface area contributed by atoms with Crippen LogP contribution in [-0.2, 0) is 15.3 Å². The lowest BCUT2D eigenvalue weighted by molar-refractivity contribution is -0.139. The normalized spacial score (nSPS) is 19.8. The van der Waals surface area contributed by atoms with Crippen molar-refractivity contribution in [3.8, 4) is 5.75 Å². The first-order valence-electron chi connectivity index (χ1n) is 12.4. The minimum atomic E-state index is -3.15. The van der Waals surface area contributed by atoms with Crippen molar-refractivity contribution in [3.63, 3.8) is 0 Å². The second kappa shape index (κ2) is 12.5. The predicted octanol–water partition coefficient (Wildman–Crippen LogP) is 7.48. The summed E-state index contributed by atoms with van der Waals surface area (Å²) in [6.45, 7) is 6.92. The zero-order valence-electron chi connectivity index (χ0n) is 21.6. The molecule has 0 saturated carbocycles. The van der Waals surface area contributed by atoms with Crippen LogP contribution in [0.1, 0.15) is 52.0 Å². The fraction of sp³-hybridized carbons (Fsp3) is 0.519. The first-order chi connectivity index (χ1) is 17.2. The number of benzene rings is 2. The molecule has 3 rings (SSSR count). The molecule has 0 saturated heterocycles. The van der Waals surface area contributed by atoms with Crippen molar-refractivity contribution in [3.05, 3.63) is 47.8 Å². The van der Waals surface area contributed by atoms with E-state index in [9.17, 15) is 18.3 Å². The molecule has 0 amide bonds. The molecule has 0 radical (unpaired) electrons. The number of carbonyl (C=O) groups excluding carboxylic acids is 1. The number of methoxy groups -OCH3 is 1. The van der Waals surface area contributed by atoms with Gasteiger partial charge in [-0.3, -0.25) is 13.9 Å². The SMILES string of the molecule is CCCCC1(CC)CN(c2ccc(F)cc2)c2cc(OC)c(CSCC(=O)OCC)cc2S(O)(O)C1. The Morgan fingerprint density at radius 1 is 1.19 bits per heavy atom. The third-order valence-corrected chi connectivity index (χ3v) is 9.74. The quantitative estimate of drug-likeness (QED) is 0.287. The van der Waals surface area contributed by atoms with Gasteiger partial charge in [-0.2, -0.15) is 10.6 Å². The van der Waals surface area contributed by atoms with Gasteiger partial charge in [0.05, 0.1) is 30.1 Å². The van der Waals surface area contributed by atoms with Crippen LogP contribution >= 0.6 is 22.4 Å². The fourth-order valence-electron chi connectivity index (χ4n) is 4.73. The summed E-state index contributed by atoms with van der Waals surface area (Å²) in [7, 11) is -1.57. The Morgan fingerprint density at radius 2 is 1.92 bits per heavy atom. The number of carbonyl (C=O) groups is 1. The van der Waals surface area contributed by atoms with Crippen LogP contribution in [0.2, 0.25) is 0 Å². The second-order valence-electron chi connectivity index (χ2n) is 9.26. The number of nitrogens with zero attached hydrogens (tertiary/aromatic N) is 1. The van der Waals surface area contributed by atoms with Crippen LogP contribution in [0.15, 0.2) is 41.3 Å². The first kappa shape index (κ1) is 28.6. The number of rotatable bonds is 11. The number of fused-ring (bicyclic) bond motifs is 1. The summed E-state index contributed by atoms with van der Waals surface area (Å²) in [5, 5.41) is 0. The number of hydrogen-bond donors (Lipinski definition) is 2. The lowest BCUT2D eigenvalue weighted by atomic mass is 9.81. The lowest BCUT2D eigenvalue weighted by Crippen LogP contribution is -2.37. The zero-order valence-corrected chi connectivity index (χ0v) is 23.2.